The van der Waals surface area contributed by atoms with Crippen molar-refractivity contribution in [3.8, 4) is 0 Å². The van der Waals surface area contributed by atoms with Gasteiger partial charge in [0.25, 0.3) is 0 Å². The molecule has 1 fully saturated rings. The van der Waals surface area contributed by atoms with Crippen LogP contribution in [0, 0.1) is 12.8 Å². The van der Waals surface area contributed by atoms with E-state index >= 15 is 0 Å². The fourth-order valence-corrected chi connectivity index (χ4v) is 3.12. The fourth-order valence-electron chi connectivity index (χ4n) is 3.12. The van der Waals surface area contributed by atoms with Crippen LogP contribution >= 0.6 is 0 Å². The van der Waals surface area contributed by atoms with E-state index in [1.807, 2.05) is 0 Å². The van der Waals surface area contributed by atoms with Crippen molar-refractivity contribution in [2.75, 3.05) is 36.5 Å². The molecule has 18 heavy (non-hydrogen) atoms. The molecule has 0 aliphatic carbocycles. The maximum Gasteiger partial charge on any atom is 0.0674 e. The number of fused-ring (bicyclic) bond motifs is 2. The van der Waals surface area contributed by atoms with Crippen molar-refractivity contribution in [3.05, 3.63) is 23.8 Å². The molecule has 2 aliphatic heterocycles. The number of aryl methyl sites for hydroxylation is 1. The van der Waals surface area contributed by atoms with E-state index in [1.54, 1.807) is 0 Å². The lowest BCUT2D eigenvalue weighted by atomic mass is 10.0. The second kappa shape index (κ2) is 4.81. The molecular weight excluding hydrogens is 224 g/mol. The van der Waals surface area contributed by atoms with Gasteiger partial charge in [0, 0.05) is 19.0 Å². The van der Waals surface area contributed by atoms with Crippen LogP contribution in [0.2, 0.25) is 0 Å². The number of rotatable bonds is 2. The second-order valence-corrected chi connectivity index (χ2v) is 5.46. The number of ether oxygens (including phenoxy) is 1. The molecule has 3 nitrogen and oxygen atoms in total. The van der Waals surface area contributed by atoms with Crippen LogP contribution in [0.25, 0.3) is 0 Å². The Bertz CT molecular complexity index is 433. The molecule has 3 rings (SSSR count). The van der Waals surface area contributed by atoms with Crippen LogP contribution in [0.5, 0.6) is 0 Å². The van der Waals surface area contributed by atoms with Gasteiger partial charge in [-0.1, -0.05) is 13.0 Å². The summed E-state index contributed by atoms with van der Waals surface area (Å²) in [6.45, 7) is 8.31. The van der Waals surface area contributed by atoms with Crippen LogP contribution in [0.15, 0.2) is 18.2 Å². The van der Waals surface area contributed by atoms with Crippen molar-refractivity contribution in [3.63, 3.8) is 0 Å². The molecule has 0 amide bonds. The average Bonchev–Trinajstić information content (AvgIpc) is 2.77. The van der Waals surface area contributed by atoms with E-state index in [0.717, 1.165) is 26.3 Å². The molecule has 0 radical (unpaired) electrons. The lowest BCUT2D eigenvalue weighted by Crippen LogP contribution is -2.41. The summed E-state index contributed by atoms with van der Waals surface area (Å²) in [7, 11) is 0. The Balaban J connectivity index is 2.00. The molecule has 1 saturated heterocycles. The minimum atomic E-state index is 0.543. The van der Waals surface area contributed by atoms with Crippen LogP contribution in [-0.4, -0.2) is 32.3 Å². The largest absolute Gasteiger partial charge is 0.383 e. The number of anilines is 2. The van der Waals surface area contributed by atoms with Crippen molar-refractivity contribution in [1.29, 1.82) is 0 Å². The van der Waals surface area contributed by atoms with Gasteiger partial charge in [0.05, 0.1) is 30.6 Å². The van der Waals surface area contributed by atoms with Gasteiger partial charge in [-0.2, -0.15) is 0 Å². The highest BCUT2D eigenvalue weighted by atomic mass is 16.5. The summed E-state index contributed by atoms with van der Waals surface area (Å²) in [5, 5.41) is 3.60. The third kappa shape index (κ3) is 1.97. The molecule has 2 unspecified atom stereocenters. The van der Waals surface area contributed by atoms with Crippen molar-refractivity contribution in [2.24, 2.45) is 5.92 Å². The summed E-state index contributed by atoms with van der Waals surface area (Å²) >= 11 is 0. The minimum Gasteiger partial charge on any atom is -0.383 e. The van der Waals surface area contributed by atoms with Gasteiger partial charge in [0.15, 0.2) is 0 Å². The third-order valence-corrected chi connectivity index (χ3v) is 4.05. The van der Waals surface area contributed by atoms with Gasteiger partial charge in [-0.05, 0) is 31.0 Å². The number of nitrogens with zero attached hydrogens (tertiary/aromatic N) is 1. The predicted octanol–water partition coefficient (Wildman–Crippen LogP) is 2.65. The fraction of sp³-hybridized carbons (Fsp3) is 0.600. The van der Waals surface area contributed by atoms with Crippen molar-refractivity contribution in [1.82, 2.24) is 0 Å². The third-order valence-electron chi connectivity index (χ3n) is 4.05. The first-order valence-corrected chi connectivity index (χ1v) is 6.98. The molecule has 2 aliphatic rings. The minimum absolute atomic E-state index is 0.543. The first kappa shape index (κ1) is 11.8. The maximum absolute atomic E-state index is 5.68. The molecule has 2 heterocycles. The zero-order valence-electron chi connectivity index (χ0n) is 11.3. The zero-order chi connectivity index (χ0) is 12.5. The molecular formula is C15H22N2O. The Morgan fingerprint density at radius 2 is 2.28 bits per heavy atom. The normalized spacial score (nSPS) is 26.2. The number of benzene rings is 1. The van der Waals surface area contributed by atoms with Gasteiger partial charge in [0.1, 0.15) is 0 Å². The molecule has 98 valence electrons. The summed E-state index contributed by atoms with van der Waals surface area (Å²) in [5.74, 6) is 0.615. The SMILES string of the molecule is CCCN1c2ccc(C)cc2NCC2COCC21. The topological polar surface area (TPSA) is 24.5 Å². The van der Waals surface area contributed by atoms with Crippen molar-refractivity contribution >= 4 is 11.4 Å². The molecule has 1 aromatic rings. The quantitative estimate of drug-likeness (QED) is 0.868. The van der Waals surface area contributed by atoms with Gasteiger partial charge in [-0.3, -0.25) is 0 Å². The van der Waals surface area contributed by atoms with E-state index in [4.69, 9.17) is 4.74 Å². The molecule has 0 bridgehead atoms. The first-order chi connectivity index (χ1) is 8.79. The standard InChI is InChI=1S/C15H22N2O/c1-3-6-17-14-5-4-11(2)7-13(14)16-8-12-9-18-10-15(12)17/h4-5,7,12,15-16H,3,6,8-10H2,1-2H3. The van der Waals surface area contributed by atoms with Gasteiger partial charge < -0.3 is 15.0 Å². The highest BCUT2D eigenvalue weighted by Crippen LogP contribution is 2.35. The number of hydrogen-bond donors (Lipinski definition) is 1. The lowest BCUT2D eigenvalue weighted by Gasteiger charge is -2.31. The van der Waals surface area contributed by atoms with Gasteiger partial charge in [0.2, 0.25) is 0 Å². The maximum atomic E-state index is 5.68. The Morgan fingerprint density at radius 3 is 3.11 bits per heavy atom. The number of hydrogen-bond acceptors (Lipinski definition) is 3. The predicted molar refractivity (Wildman–Crippen MR) is 75.4 cm³/mol. The molecule has 0 aromatic heterocycles. The molecule has 1 N–H and O–H groups in total. The summed E-state index contributed by atoms with van der Waals surface area (Å²) < 4.78 is 5.68. The van der Waals surface area contributed by atoms with Gasteiger partial charge in [-0.25, -0.2) is 0 Å². The Kier molecular flexibility index (Phi) is 3.16. The highest BCUT2D eigenvalue weighted by molar-refractivity contribution is 5.72. The van der Waals surface area contributed by atoms with Gasteiger partial charge >= 0.3 is 0 Å². The van der Waals surface area contributed by atoms with Gasteiger partial charge in [-0.15, -0.1) is 0 Å². The van der Waals surface area contributed by atoms with E-state index in [0.29, 0.717) is 12.0 Å². The molecule has 2 atom stereocenters. The van der Waals surface area contributed by atoms with Crippen molar-refractivity contribution < 1.29 is 4.74 Å². The summed E-state index contributed by atoms with van der Waals surface area (Å²) in [4.78, 5) is 2.55. The zero-order valence-corrected chi connectivity index (χ0v) is 11.3. The van der Waals surface area contributed by atoms with Crippen LogP contribution in [0.3, 0.4) is 0 Å². The van der Waals surface area contributed by atoms with E-state index < -0.39 is 0 Å². The van der Waals surface area contributed by atoms with E-state index in [1.165, 1.54) is 23.4 Å². The highest BCUT2D eigenvalue weighted by Gasteiger charge is 2.35. The first-order valence-electron chi connectivity index (χ1n) is 6.98. The monoisotopic (exact) mass is 246 g/mol. The lowest BCUT2D eigenvalue weighted by molar-refractivity contribution is 0.185. The molecule has 3 heteroatoms. The smallest absolute Gasteiger partial charge is 0.0674 e. The van der Waals surface area contributed by atoms with Crippen LogP contribution in [-0.2, 0) is 4.74 Å². The van der Waals surface area contributed by atoms with Crippen LogP contribution in [0.4, 0.5) is 11.4 Å². The summed E-state index contributed by atoms with van der Waals surface area (Å²) in [6.07, 6.45) is 1.18. The van der Waals surface area contributed by atoms with Crippen LogP contribution < -0.4 is 10.2 Å². The Morgan fingerprint density at radius 1 is 1.39 bits per heavy atom. The summed E-state index contributed by atoms with van der Waals surface area (Å²) in [6, 6.07) is 7.27. The van der Waals surface area contributed by atoms with E-state index in [-0.39, 0.29) is 0 Å². The van der Waals surface area contributed by atoms with E-state index in [2.05, 4.69) is 42.3 Å². The van der Waals surface area contributed by atoms with Crippen LogP contribution in [0.1, 0.15) is 18.9 Å². The molecule has 0 spiro atoms. The van der Waals surface area contributed by atoms with Crippen molar-refractivity contribution in [2.45, 2.75) is 26.3 Å². The summed E-state index contributed by atoms with van der Waals surface area (Å²) in [5.41, 5.74) is 3.96. The van der Waals surface area contributed by atoms with E-state index in [9.17, 15) is 0 Å². The average molecular weight is 246 g/mol. The second-order valence-electron chi connectivity index (χ2n) is 5.46. The molecule has 0 saturated carbocycles. The number of nitrogens with one attached hydrogen (secondary N) is 1. The Hall–Kier alpha value is -1.22. The Labute approximate surface area is 109 Å². The molecule has 1 aromatic carbocycles.